The third-order valence-electron chi connectivity index (χ3n) is 2.71. The summed E-state index contributed by atoms with van der Waals surface area (Å²) in [7, 11) is 0. The normalized spacial score (nSPS) is 17.2. The van der Waals surface area contributed by atoms with Crippen LogP contribution in [0.3, 0.4) is 0 Å². The van der Waals surface area contributed by atoms with Gasteiger partial charge in [0.15, 0.2) is 0 Å². The molecule has 0 bridgehead atoms. The van der Waals surface area contributed by atoms with Crippen molar-refractivity contribution in [3.05, 3.63) is 29.8 Å². The molecule has 1 aliphatic carbocycles. The van der Waals surface area contributed by atoms with E-state index in [1.54, 1.807) is 0 Å². The first-order valence-corrected chi connectivity index (χ1v) is 5.74. The number of hydrogen-bond donors (Lipinski definition) is 0. The fourth-order valence-electron chi connectivity index (χ4n) is 1.91. The Balaban J connectivity index is 2.07. The van der Waals surface area contributed by atoms with Crippen LogP contribution in [0.4, 0.5) is 0 Å². The van der Waals surface area contributed by atoms with Crippen LogP contribution in [0.25, 0.3) is 0 Å². The van der Waals surface area contributed by atoms with Gasteiger partial charge in [0.2, 0.25) is 0 Å². The van der Waals surface area contributed by atoms with E-state index in [2.05, 4.69) is 0 Å². The highest BCUT2D eigenvalue weighted by Gasteiger charge is 2.17. The zero-order valence-electron chi connectivity index (χ0n) is 8.21. The molecule has 1 saturated carbocycles. The Morgan fingerprint density at radius 3 is 2.64 bits per heavy atom. The number of alkyl halides is 1. The maximum Gasteiger partial charge on any atom is 0.124 e. The van der Waals surface area contributed by atoms with Crippen LogP contribution in [0.15, 0.2) is 24.3 Å². The summed E-state index contributed by atoms with van der Waals surface area (Å²) in [5, 5.41) is 0. The molecular weight excluding hydrogens is 196 g/mol. The van der Waals surface area contributed by atoms with Gasteiger partial charge in [0.25, 0.3) is 0 Å². The molecule has 1 aromatic rings. The van der Waals surface area contributed by atoms with E-state index in [9.17, 15) is 0 Å². The van der Waals surface area contributed by atoms with Crippen molar-refractivity contribution in [3.63, 3.8) is 0 Å². The van der Waals surface area contributed by atoms with E-state index in [4.69, 9.17) is 16.3 Å². The molecule has 1 aliphatic rings. The topological polar surface area (TPSA) is 9.23 Å². The van der Waals surface area contributed by atoms with E-state index >= 15 is 0 Å². The Morgan fingerprint density at radius 1 is 1.21 bits per heavy atom. The number of ether oxygens (including phenoxy) is 1. The molecule has 0 N–H and O–H groups in total. The van der Waals surface area contributed by atoms with Crippen LogP contribution in [0.2, 0.25) is 0 Å². The molecule has 2 heteroatoms. The number of hydrogen-bond acceptors (Lipinski definition) is 1. The third-order valence-corrected chi connectivity index (χ3v) is 3.00. The van der Waals surface area contributed by atoms with E-state index in [1.165, 1.54) is 25.7 Å². The van der Waals surface area contributed by atoms with Gasteiger partial charge in [-0.25, -0.2) is 0 Å². The predicted octanol–water partition coefficient (Wildman–Crippen LogP) is 3.75. The second-order valence-electron chi connectivity index (χ2n) is 3.77. The van der Waals surface area contributed by atoms with Gasteiger partial charge in [0.1, 0.15) is 5.75 Å². The van der Waals surface area contributed by atoms with E-state index in [1.807, 2.05) is 24.3 Å². The summed E-state index contributed by atoms with van der Waals surface area (Å²) in [6, 6.07) is 8.03. The Kier molecular flexibility index (Phi) is 3.30. The van der Waals surface area contributed by atoms with Crippen molar-refractivity contribution in [2.24, 2.45) is 0 Å². The van der Waals surface area contributed by atoms with Crippen molar-refractivity contribution in [1.82, 2.24) is 0 Å². The second-order valence-corrected chi connectivity index (χ2v) is 4.03. The first kappa shape index (κ1) is 9.85. The van der Waals surface area contributed by atoms with Gasteiger partial charge in [-0.1, -0.05) is 18.2 Å². The molecule has 0 unspecified atom stereocenters. The lowest BCUT2D eigenvalue weighted by Gasteiger charge is -2.15. The van der Waals surface area contributed by atoms with Gasteiger partial charge in [0, 0.05) is 5.56 Å². The number of halogens is 1. The lowest BCUT2D eigenvalue weighted by Crippen LogP contribution is -2.11. The first-order valence-electron chi connectivity index (χ1n) is 5.20. The lowest BCUT2D eigenvalue weighted by atomic mass is 10.2. The summed E-state index contributed by atoms with van der Waals surface area (Å²) in [6.07, 6.45) is 5.40. The molecule has 1 fully saturated rings. The molecule has 0 atom stereocenters. The number of rotatable bonds is 3. The van der Waals surface area contributed by atoms with Crippen molar-refractivity contribution in [1.29, 1.82) is 0 Å². The first-order chi connectivity index (χ1) is 6.90. The molecular formula is C12H15ClO. The van der Waals surface area contributed by atoms with Crippen LogP contribution in [-0.4, -0.2) is 6.10 Å². The summed E-state index contributed by atoms with van der Waals surface area (Å²) in [5.74, 6) is 1.50. The van der Waals surface area contributed by atoms with Crippen LogP contribution < -0.4 is 4.74 Å². The van der Waals surface area contributed by atoms with Gasteiger partial charge >= 0.3 is 0 Å². The number of para-hydroxylation sites is 1. The van der Waals surface area contributed by atoms with Gasteiger partial charge in [-0.15, -0.1) is 11.6 Å². The second kappa shape index (κ2) is 4.70. The summed E-state index contributed by atoms with van der Waals surface area (Å²) in [5.41, 5.74) is 1.10. The van der Waals surface area contributed by atoms with Gasteiger partial charge in [0.05, 0.1) is 12.0 Å². The fraction of sp³-hybridized carbons (Fsp3) is 0.500. The minimum Gasteiger partial charge on any atom is -0.490 e. The van der Waals surface area contributed by atoms with E-state index in [0.29, 0.717) is 12.0 Å². The SMILES string of the molecule is ClCc1ccccc1OC1CCCC1. The van der Waals surface area contributed by atoms with Crippen LogP contribution in [-0.2, 0) is 5.88 Å². The summed E-state index contributed by atoms with van der Waals surface area (Å²) < 4.78 is 5.91. The van der Waals surface area contributed by atoms with Crippen LogP contribution in [0.1, 0.15) is 31.2 Å². The van der Waals surface area contributed by atoms with Crippen LogP contribution in [0, 0.1) is 0 Å². The molecule has 14 heavy (non-hydrogen) atoms. The molecule has 0 saturated heterocycles. The van der Waals surface area contributed by atoms with Crippen LogP contribution >= 0.6 is 11.6 Å². The third kappa shape index (κ3) is 2.21. The molecule has 76 valence electrons. The van der Waals surface area contributed by atoms with Crippen molar-refractivity contribution in [3.8, 4) is 5.75 Å². The standard InChI is InChI=1S/C12H15ClO/c13-9-10-5-1-4-8-12(10)14-11-6-2-3-7-11/h1,4-5,8,11H,2-3,6-7,9H2. The minimum absolute atomic E-state index is 0.416. The van der Waals surface area contributed by atoms with Gasteiger partial charge in [-0.2, -0.15) is 0 Å². The molecule has 0 aliphatic heterocycles. The molecule has 0 amide bonds. The molecule has 0 heterocycles. The monoisotopic (exact) mass is 210 g/mol. The summed E-state index contributed by atoms with van der Waals surface area (Å²) in [4.78, 5) is 0. The zero-order valence-corrected chi connectivity index (χ0v) is 8.96. The maximum atomic E-state index is 5.91. The molecule has 1 aromatic carbocycles. The van der Waals surface area contributed by atoms with Gasteiger partial charge in [-0.05, 0) is 31.7 Å². The van der Waals surface area contributed by atoms with Crippen molar-refractivity contribution in [2.45, 2.75) is 37.7 Å². The van der Waals surface area contributed by atoms with Gasteiger partial charge < -0.3 is 4.74 Å². The van der Waals surface area contributed by atoms with E-state index < -0.39 is 0 Å². The maximum absolute atomic E-state index is 5.91. The summed E-state index contributed by atoms with van der Waals surface area (Å²) in [6.45, 7) is 0. The predicted molar refractivity (Wildman–Crippen MR) is 58.9 cm³/mol. The Labute approximate surface area is 90.0 Å². The fourth-order valence-corrected chi connectivity index (χ4v) is 2.14. The quantitative estimate of drug-likeness (QED) is 0.691. The highest BCUT2D eigenvalue weighted by molar-refractivity contribution is 6.17. The van der Waals surface area contributed by atoms with Gasteiger partial charge in [-0.3, -0.25) is 0 Å². The van der Waals surface area contributed by atoms with E-state index in [-0.39, 0.29) is 0 Å². The Hall–Kier alpha value is -0.690. The Bertz CT molecular complexity index is 292. The average molecular weight is 211 g/mol. The molecule has 2 rings (SSSR count). The number of benzene rings is 1. The van der Waals surface area contributed by atoms with Crippen LogP contribution in [0.5, 0.6) is 5.75 Å². The summed E-state index contributed by atoms with van der Waals surface area (Å²) >= 11 is 5.84. The van der Waals surface area contributed by atoms with Crippen molar-refractivity contribution >= 4 is 11.6 Å². The molecule has 0 spiro atoms. The Morgan fingerprint density at radius 2 is 1.93 bits per heavy atom. The van der Waals surface area contributed by atoms with Crippen molar-refractivity contribution < 1.29 is 4.74 Å². The van der Waals surface area contributed by atoms with Crippen molar-refractivity contribution in [2.75, 3.05) is 0 Å². The largest absolute Gasteiger partial charge is 0.490 e. The molecule has 1 nitrogen and oxygen atoms in total. The molecule has 0 radical (unpaired) electrons. The van der Waals surface area contributed by atoms with E-state index in [0.717, 1.165) is 11.3 Å². The zero-order chi connectivity index (χ0) is 9.80. The highest BCUT2D eigenvalue weighted by atomic mass is 35.5. The average Bonchev–Trinajstić information content (AvgIpc) is 2.71. The minimum atomic E-state index is 0.416. The smallest absolute Gasteiger partial charge is 0.124 e. The molecule has 0 aromatic heterocycles. The highest BCUT2D eigenvalue weighted by Crippen LogP contribution is 2.27. The lowest BCUT2D eigenvalue weighted by molar-refractivity contribution is 0.208.